The first-order chi connectivity index (χ1) is 36.9. The standard InChI is InChI=1S/C51H78F2N4O21/c1-33(58)72-32-43(64)57-44-39(74-34(2)59)30-51(48(65)67-8,77-46(44)45(76-36(4)61)40(75-35(3)60)31-56-42(63)29-37-14-16-38(17-15-37)47(52)53)73-20-12-10-9-11-13-41(62)54-18-21-68-23-25-70-27-28-71-26-24-69-22-19-55-49(66)78-50(5,6)7/h14-17,39-40,44-47H,9-13,18-32H2,1-8H3,(H,54,62)(H,55,66)(H,56,63)(H,57,64)/t39-,40+,44+,45+,46+,51+/m0/s1. The summed E-state index contributed by atoms with van der Waals surface area (Å²) in [6.45, 7) is 11.0. The molecule has 1 aliphatic heterocycles. The Labute approximate surface area is 452 Å². The fourth-order valence-corrected chi connectivity index (χ4v) is 7.41. The molecule has 0 aliphatic carbocycles. The molecule has 0 radical (unpaired) electrons. The molecular formula is C51H78F2N4O21. The van der Waals surface area contributed by atoms with Crippen molar-refractivity contribution in [3.05, 3.63) is 35.4 Å². The number of amides is 4. The number of carbonyl (C=O) groups is 9. The van der Waals surface area contributed by atoms with E-state index in [1.54, 1.807) is 20.8 Å². The third-order valence-corrected chi connectivity index (χ3v) is 10.7. The Morgan fingerprint density at radius 2 is 1.26 bits per heavy atom. The van der Waals surface area contributed by atoms with Crippen LogP contribution in [0.15, 0.2) is 24.3 Å². The SMILES string of the molecule is COC(=O)[C@@]1(OCCCCCCC(=O)NCCOCCOCCOCCOCCNC(=O)OC(C)(C)C)C[C@H](OC(C)=O)[C@@H](NC(=O)COC(C)=O)[C@H]([C@H](OC(C)=O)[C@@H](CNC(=O)Cc2ccc(C(F)F)cc2)OC(C)=O)O1. The maximum atomic E-state index is 13.8. The van der Waals surface area contributed by atoms with Gasteiger partial charge in [-0.2, -0.15) is 0 Å². The van der Waals surface area contributed by atoms with Gasteiger partial charge in [0.2, 0.25) is 11.8 Å². The Balaban J connectivity index is 2.01. The fraction of sp³-hybridized carbons (Fsp3) is 0.706. The fourth-order valence-electron chi connectivity index (χ4n) is 7.41. The van der Waals surface area contributed by atoms with Gasteiger partial charge >= 0.3 is 35.9 Å². The Morgan fingerprint density at radius 1 is 0.679 bits per heavy atom. The summed E-state index contributed by atoms with van der Waals surface area (Å²) >= 11 is 0. The molecule has 0 aromatic heterocycles. The molecule has 0 spiro atoms. The highest BCUT2D eigenvalue weighted by molar-refractivity contribution is 5.81. The van der Waals surface area contributed by atoms with E-state index in [2.05, 4.69) is 21.3 Å². The van der Waals surface area contributed by atoms with Gasteiger partial charge in [0.25, 0.3) is 18.1 Å². The molecule has 1 heterocycles. The zero-order chi connectivity index (χ0) is 58.1. The van der Waals surface area contributed by atoms with Gasteiger partial charge in [0, 0.05) is 52.8 Å². The van der Waals surface area contributed by atoms with Gasteiger partial charge in [0.15, 0.2) is 18.8 Å². The largest absolute Gasteiger partial charge is 0.465 e. The van der Waals surface area contributed by atoms with Crippen molar-refractivity contribution >= 4 is 53.7 Å². The normalized spacial score (nSPS) is 17.9. The summed E-state index contributed by atoms with van der Waals surface area (Å²) in [7, 11) is 1.02. The number of rotatable bonds is 37. The molecule has 1 saturated heterocycles. The number of alkyl halides is 2. The van der Waals surface area contributed by atoms with Gasteiger partial charge in [-0.3, -0.25) is 33.6 Å². The maximum absolute atomic E-state index is 13.8. The van der Waals surface area contributed by atoms with E-state index in [1.807, 2.05) is 0 Å². The molecule has 78 heavy (non-hydrogen) atoms. The van der Waals surface area contributed by atoms with E-state index in [9.17, 15) is 51.9 Å². The van der Waals surface area contributed by atoms with Crippen LogP contribution in [0, 0.1) is 0 Å². The van der Waals surface area contributed by atoms with Gasteiger partial charge in [0.05, 0.1) is 92.0 Å². The number of ether oxygens (including phenoxy) is 12. The van der Waals surface area contributed by atoms with Crippen LogP contribution in [0.1, 0.15) is 105 Å². The van der Waals surface area contributed by atoms with Crippen molar-refractivity contribution in [3.8, 4) is 0 Å². The molecule has 0 bridgehead atoms. The molecule has 1 aromatic rings. The topological polar surface area (TPSA) is 313 Å². The van der Waals surface area contributed by atoms with E-state index in [0.29, 0.717) is 84.0 Å². The van der Waals surface area contributed by atoms with Gasteiger partial charge < -0.3 is 78.1 Å². The zero-order valence-electron chi connectivity index (χ0n) is 45.7. The second-order valence-electron chi connectivity index (χ2n) is 18.5. The molecule has 4 amide bonds. The summed E-state index contributed by atoms with van der Waals surface area (Å²) in [5.74, 6) is -9.11. The summed E-state index contributed by atoms with van der Waals surface area (Å²) in [4.78, 5) is 114. The van der Waals surface area contributed by atoms with E-state index < -0.39 is 116 Å². The Hall–Kier alpha value is -6.13. The molecule has 4 N–H and O–H groups in total. The predicted octanol–water partition coefficient (Wildman–Crippen LogP) is 2.46. The number of alkyl carbamates (subject to hydrolysis) is 1. The highest BCUT2D eigenvalue weighted by Crippen LogP contribution is 2.37. The molecule has 27 heteroatoms. The third-order valence-electron chi connectivity index (χ3n) is 10.7. The van der Waals surface area contributed by atoms with Crippen molar-refractivity contribution in [2.75, 3.05) is 92.8 Å². The predicted molar refractivity (Wildman–Crippen MR) is 267 cm³/mol. The molecule has 6 atom stereocenters. The smallest absolute Gasteiger partial charge is 0.407 e. The number of halogens is 2. The van der Waals surface area contributed by atoms with Crippen LogP contribution in [0.4, 0.5) is 13.6 Å². The van der Waals surface area contributed by atoms with Crippen molar-refractivity contribution in [1.29, 1.82) is 0 Å². The van der Waals surface area contributed by atoms with Crippen molar-refractivity contribution in [2.45, 2.75) is 142 Å². The first-order valence-electron chi connectivity index (χ1n) is 25.5. The lowest BCUT2D eigenvalue weighted by Gasteiger charge is -2.48. The minimum atomic E-state index is -2.74. The van der Waals surface area contributed by atoms with Crippen LogP contribution in [-0.2, 0) is 102 Å². The van der Waals surface area contributed by atoms with Crippen molar-refractivity contribution in [1.82, 2.24) is 21.3 Å². The highest BCUT2D eigenvalue weighted by Gasteiger charge is 2.59. The number of hydrogen-bond acceptors (Lipinski definition) is 21. The number of hydrogen-bond donors (Lipinski definition) is 4. The average Bonchev–Trinajstić information content (AvgIpc) is 3.35. The molecule has 25 nitrogen and oxygen atoms in total. The minimum Gasteiger partial charge on any atom is -0.465 e. The number of carbonyl (C=O) groups excluding carboxylic acids is 9. The molecule has 1 aliphatic rings. The molecule has 1 aromatic carbocycles. The lowest BCUT2D eigenvalue weighted by atomic mass is 9.87. The molecular weight excluding hydrogens is 1040 g/mol. The van der Waals surface area contributed by atoms with Crippen LogP contribution in [-0.4, -0.2) is 188 Å². The highest BCUT2D eigenvalue weighted by atomic mass is 19.3. The Morgan fingerprint density at radius 3 is 1.79 bits per heavy atom. The minimum absolute atomic E-state index is 0.189. The lowest BCUT2D eigenvalue weighted by Crippen LogP contribution is -2.70. The van der Waals surface area contributed by atoms with Crippen molar-refractivity contribution in [3.63, 3.8) is 0 Å². The van der Waals surface area contributed by atoms with E-state index in [0.717, 1.165) is 46.9 Å². The summed E-state index contributed by atoms with van der Waals surface area (Å²) < 4.78 is 92.5. The quantitative estimate of drug-likeness (QED) is 0.0422. The summed E-state index contributed by atoms with van der Waals surface area (Å²) in [5.41, 5.74) is -0.491. The van der Waals surface area contributed by atoms with Crippen LogP contribution >= 0.6 is 0 Å². The van der Waals surface area contributed by atoms with Gasteiger partial charge in [-0.05, 0) is 39.2 Å². The molecule has 1 fully saturated rings. The van der Waals surface area contributed by atoms with Gasteiger partial charge in [-0.15, -0.1) is 0 Å². The number of unbranched alkanes of at least 4 members (excludes halogenated alkanes) is 3. The van der Waals surface area contributed by atoms with Gasteiger partial charge in [-0.1, -0.05) is 37.1 Å². The zero-order valence-corrected chi connectivity index (χ0v) is 45.7. The number of nitrogens with one attached hydrogen (secondary N) is 4. The number of benzene rings is 1. The molecule has 2 rings (SSSR count). The summed E-state index contributed by atoms with van der Waals surface area (Å²) in [5, 5.41) is 10.5. The van der Waals surface area contributed by atoms with Crippen LogP contribution in [0.3, 0.4) is 0 Å². The first-order valence-corrected chi connectivity index (χ1v) is 25.5. The number of methoxy groups -OCH3 is 1. The van der Waals surface area contributed by atoms with Crippen LogP contribution < -0.4 is 21.3 Å². The Kier molecular flexibility index (Phi) is 32.1. The third kappa shape index (κ3) is 29.0. The molecule has 442 valence electrons. The van der Waals surface area contributed by atoms with Crippen molar-refractivity contribution in [2.24, 2.45) is 0 Å². The monoisotopic (exact) mass is 1120 g/mol. The van der Waals surface area contributed by atoms with E-state index in [4.69, 9.17) is 56.8 Å². The van der Waals surface area contributed by atoms with Gasteiger partial charge in [0.1, 0.15) is 17.8 Å². The second kappa shape index (κ2) is 36.9. The van der Waals surface area contributed by atoms with E-state index in [1.165, 1.54) is 12.1 Å². The molecule has 0 saturated carbocycles. The van der Waals surface area contributed by atoms with E-state index in [-0.39, 0.29) is 44.1 Å². The first kappa shape index (κ1) is 68.0. The maximum Gasteiger partial charge on any atom is 0.407 e. The summed E-state index contributed by atoms with van der Waals surface area (Å²) in [6, 6.07) is 3.39. The Bertz CT molecular complexity index is 2040. The van der Waals surface area contributed by atoms with Crippen LogP contribution in [0.2, 0.25) is 0 Å². The second-order valence-corrected chi connectivity index (χ2v) is 18.5. The number of esters is 5. The van der Waals surface area contributed by atoms with Crippen LogP contribution in [0.5, 0.6) is 0 Å². The summed E-state index contributed by atoms with van der Waals surface area (Å²) in [6.07, 6.45) is -9.01. The average molecular weight is 1120 g/mol. The molecule has 0 unspecified atom stereocenters. The lowest BCUT2D eigenvalue weighted by molar-refractivity contribution is -0.313. The van der Waals surface area contributed by atoms with E-state index >= 15 is 0 Å². The van der Waals surface area contributed by atoms with Crippen molar-refractivity contribution < 1.29 is 109 Å². The van der Waals surface area contributed by atoms with Crippen LogP contribution in [0.25, 0.3) is 0 Å². The van der Waals surface area contributed by atoms with Gasteiger partial charge in [-0.25, -0.2) is 18.4 Å².